The number of piperazine rings is 1. The van der Waals surface area contributed by atoms with Crippen LogP contribution in [-0.2, 0) is 20.3 Å². The molecule has 4 atom stereocenters. The maximum absolute atomic E-state index is 13.3. The van der Waals surface area contributed by atoms with Gasteiger partial charge in [-0.05, 0) is 64.1 Å². The lowest BCUT2D eigenvalue weighted by molar-refractivity contribution is -0.142. The van der Waals surface area contributed by atoms with E-state index in [1.54, 1.807) is 19.1 Å². The van der Waals surface area contributed by atoms with Crippen molar-refractivity contribution in [1.82, 2.24) is 4.90 Å². The Labute approximate surface area is 207 Å². The Morgan fingerprint density at radius 3 is 2.48 bits per heavy atom. The highest BCUT2D eigenvalue weighted by molar-refractivity contribution is 7.86. The Morgan fingerprint density at radius 2 is 1.85 bits per heavy atom. The number of amides is 1. The third-order valence-corrected chi connectivity index (χ3v) is 8.28. The van der Waals surface area contributed by atoms with Crippen LogP contribution in [0.5, 0.6) is 0 Å². The van der Waals surface area contributed by atoms with Crippen molar-refractivity contribution in [3.05, 3.63) is 58.1 Å². The van der Waals surface area contributed by atoms with Gasteiger partial charge in [-0.1, -0.05) is 29.3 Å². The van der Waals surface area contributed by atoms with E-state index in [0.717, 1.165) is 5.69 Å². The summed E-state index contributed by atoms with van der Waals surface area (Å²) >= 11 is 12.5. The van der Waals surface area contributed by atoms with Crippen molar-refractivity contribution in [3.63, 3.8) is 0 Å². The Morgan fingerprint density at radius 1 is 1.12 bits per heavy atom. The van der Waals surface area contributed by atoms with Crippen LogP contribution in [0.15, 0.2) is 47.4 Å². The van der Waals surface area contributed by atoms with Crippen LogP contribution < -0.4 is 4.90 Å². The molecule has 2 unspecified atom stereocenters. The fraction of sp³-hybridized carbons (Fsp3) is 0.417. The van der Waals surface area contributed by atoms with Crippen LogP contribution >= 0.6 is 23.2 Å². The van der Waals surface area contributed by atoms with Gasteiger partial charge in [-0.3, -0.25) is 13.8 Å². The second-order valence-electron chi connectivity index (χ2n) is 7.99. The number of ether oxygens (including phenoxy) is 1. The molecule has 6 nitrogen and oxygen atoms in total. The summed E-state index contributed by atoms with van der Waals surface area (Å²) in [6.07, 6.45) is 0. The van der Waals surface area contributed by atoms with Gasteiger partial charge < -0.3 is 14.5 Å². The van der Waals surface area contributed by atoms with Crippen LogP contribution in [0.4, 0.5) is 5.69 Å². The smallest absolute Gasteiger partial charge is 0.321 e. The van der Waals surface area contributed by atoms with Gasteiger partial charge in [0.25, 0.3) is 5.91 Å². The van der Waals surface area contributed by atoms with Gasteiger partial charge in [0, 0.05) is 41.4 Å². The predicted molar refractivity (Wildman–Crippen MR) is 133 cm³/mol. The van der Waals surface area contributed by atoms with Gasteiger partial charge in [-0.2, -0.15) is 0 Å². The normalized spacial score (nSPS) is 20.3. The first-order valence-electron chi connectivity index (χ1n) is 10.9. The predicted octanol–water partition coefficient (Wildman–Crippen LogP) is 4.79. The van der Waals surface area contributed by atoms with Crippen molar-refractivity contribution < 1.29 is 18.5 Å². The Hall–Kier alpha value is -2.09. The fourth-order valence-electron chi connectivity index (χ4n) is 3.95. The van der Waals surface area contributed by atoms with Gasteiger partial charge in [-0.15, -0.1) is 0 Å². The number of carbonyl (C=O) groups excluding carboxylic acids is 2. The maximum Gasteiger partial charge on any atom is 0.321 e. The topological polar surface area (TPSA) is 66.9 Å². The van der Waals surface area contributed by atoms with Crippen LogP contribution in [0.2, 0.25) is 10.0 Å². The van der Waals surface area contributed by atoms with E-state index in [2.05, 4.69) is 11.8 Å². The number of benzene rings is 2. The van der Waals surface area contributed by atoms with Crippen molar-refractivity contribution in [2.45, 2.75) is 49.9 Å². The zero-order valence-corrected chi connectivity index (χ0v) is 21.4. The number of esters is 1. The third kappa shape index (κ3) is 5.53. The van der Waals surface area contributed by atoms with E-state index >= 15 is 0 Å². The van der Waals surface area contributed by atoms with E-state index in [0.29, 0.717) is 28.6 Å². The molecule has 0 radical (unpaired) electrons. The first-order valence-corrected chi connectivity index (χ1v) is 12.8. The molecule has 0 spiro atoms. The molecule has 0 N–H and O–H groups in total. The Kier molecular flexibility index (Phi) is 8.43. The highest BCUT2D eigenvalue weighted by Gasteiger charge is 2.34. The first kappa shape index (κ1) is 25.5. The van der Waals surface area contributed by atoms with Crippen molar-refractivity contribution in [2.75, 3.05) is 24.6 Å². The minimum Gasteiger partial charge on any atom is -0.465 e. The second kappa shape index (κ2) is 10.9. The van der Waals surface area contributed by atoms with Gasteiger partial charge in [0.15, 0.2) is 0 Å². The molecule has 2 aromatic rings. The molecule has 2 aromatic carbocycles. The van der Waals surface area contributed by atoms with E-state index in [4.69, 9.17) is 27.9 Å². The van der Waals surface area contributed by atoms with Crippen molar-refractivity contribution in [2.24, 2.45) is 0 Å². The number of nitrogens with zero attached hydrogens (tertiary/aromatic N) is 2. The minimum absolute atomic E-state index is 0.0540. The maximum atomic E-state index is 13.3. The van der Waals surface area contributed by atoms with E-state index in [9.17, 15) is 13.8 Å². The van der Waals surface area contributed by atoms with Crippen molar-refractivity contribution >= 4 is 51.6 Å². The van der Waals surface area contributed by atoms with E-state index in [-0.39, 0.29) is 29.6 Å². The van der Waals surface area contributed by atoms with Crippen LogP contribution in [-0.4, -0.2) is 58.0 Å². The van der Waals surface area contributed by atoms with Crippen LogP contribution in [0.3, 0.4) is 0 Å². The quantitative estimate of drug-likeness (QED) is 0.522. The molecule has 9 heteroatoms. The van der Waals surface area contributed by atoms with E-state index in [1.807, 2.05) is 36.1 Å². The molecule has 33 heavy (non-hydrogen) atoms. The SMILES string of the molecule is CCOC(=O)C(C)S(=O)c1ccc(C(=O)N2CCN(c3cccc(Cl)c3)[C@@H](C)[C@@H]2C)cc1Cl. The van der Waals surface area contributed by atoms with Gasteiger partial charge in [0.2, 0.25) is 0 Å². The second-order valence-corrected chi connectivity index (χ2v) is 10.6. The van der Waals surface area contributed by atoms with Gasteiger partial charge in [-0.25, -0.2) is 0 Å². The monoisotopic (exact) mass is 510 g/mol. The van der Waals surface area contributed by atoms with Gasteiger partial charge >= 0.3 is 5.97 Å². The Balaban J connectivity index is 1.75. The Bertz CT molecular complexity index is 1060. The molecule has 1 fully saturated rings. The summed E-state index contributed by atoms with van der Waals surface area (Å²) in [6, 6.07) is 12.4. The summed E-state index contributed by atoms with van der Waals surface area (Å²) in [4.78, 5) is 29.6. The number of hydrogen-bond donors (Lipinski definition) is 0. The molecule has 3 rings (SSSR count). The molecule has 0 bridgehead atoms. The highest BCUT2D eigenvalue weighted by atomic mass is 35.5. The molecule has 1 amide bonds. The summed E-state index contributed by atoms with van der Waals surface area (Å²) < 4.78 is 17.7. The average Bonchev–Trinajstić information content (AvgIpc) is 2.79. The van der Waals surface area contributed by atoms with Crippen molar-refractivity contribution in [3.8, 4) is 0 Å². The zero-order valence-electron chi connectivity index (χ0n) is 19.1. The number of hydrogen-bond acceptors (Lipinski definition) is 5. The highest BCUT2D eigenvalue weighted by Crippen LogP contribution is 2.29. The summed E-state index contributed by atoms with van der Waals surface area (Å²) in [5.41, 5.74) is 1.44. The molecular formula is C24H28Cl2N2O4S. The van der Waals surface area contributed by atoms with Gasteiger partial charge in [0.1, 0.15) is 5.25 Å². The zero-order chi connectivity index (χ0) is 24.3. The molecule has 1 heterocycles. The summed E-state index contributed by atoms with van der Waals surface area (Å²) in [7, 11) is -1.69. The van der Waals surface area contributed by atoms with Crippen LogP contribution in [0.1, 0.15) is 38.1 Å². The summed E-state index contributed by atoms with van der Waals surface area (Å²) in [5, 5.41) is 0.00768. The van der Waals surface area contributed by atoms with Crippen molar-refractivity contribution in [1.29, 1.82) is 0 Å². The number of carbonyl (C=O) groups is 2. The third-order valence-electron chi connectivity index (χ3n) is 6.00. The fourth-order valence-corrected chi connectivity index (χ4v) is 5.62. The van der Waals surface area contributed by atoms with E-state index in [1.165, 1.54) is 13.0 Å². The molecule has 0 aliphatic carbocycles. The molecule has 1 aliphatic rings. The molecule has 1 aliphatic heterocycles. The molecule has 0 aromatic heterocycles. The molecular weight excluding hydrogens is 483 g/mol. The lowest BCUT2D eigenvalue weighted by Gasteiger charge is -2.46. The molecule has 1 saturated heterocycles. The number of rotatable bonds is 6. The largest absolute Gasteiger partial charge is 0.465 e. The number of anilines is 1. The molecule has 178 valence electrons. The lowest BCUT2D eigenvalue weighted by atomic mass is 10.0. The standard InChI is InChI=1S/C24H28Cl2N2O4S/c1-5-32-24(30)17(4)33(31)22-10-9-18(13-21(22)26)23(29)28-12-11-27(15(2)16(28)3)20-8-6-7-19(25)14-20/h6-10,13-17H,5,11-12H2,1-4H3/t15-,16-,17?,33?/m0/s1. The lowest BCUT2D eigenvalue weighted by Crippen LogP contribution is -2.59. The summed E-state index contributed by atoms with van der Waals surface area (Å²) in [6.45, 7) is 8.76. The first-order chi connectivity index (χ1) is 15.6. The summed E-state index contributed by atoms with van der Waals surface area (Å²) in [5.74, 6) is -0.690. The van der Waals surface area contributed by atoms with Crippen LogP contribution in [0.25, 0.3) is 0 Å². The van der Waals surface area contributed by atoms with Gasteiger partial charge in [0.05, 0.1) is 27.3 Å². The van der Waals surface area contributed by atoms with Crippen LogP contribution in [0, 0.1) is 0 Å². The van der Waals surface area contributed by atoms with E-state index < -0.39 is 22.0 Å². The minimum atomic E-state index is -1.69. The number of halogens is 2. The molecule has 0 saturated carbocycles. The average molecular weight is 511 g/mol.